The molecule has 3 fully saturated rings. The lowest BCUT2D eigenvalue weighted by Gasteiger charge is -2.30. The molecule has 5 N–H and O–H groups in total. The van der Waals surface area contributed by atoms with Gasteiger partial charge in [-0.3, -0.25) is 14.7 Å². The van der Waals surface area contributed by atoms with Crippen LogP contribution in [0.15, 0.2) is 38.6 Å². The van der Waals surface area contributed by atoms with E-state index in [4.69, 9.17) is 32.8 Å². The first-order valence-electron chi connectivity index (χ1n) is 12.2. The van der Waals surface area contributed by atoms with Gasteiger partial charge in [0, 0.05) is 30.3 Å². The third-order valence-electron chi connectivity index (χ3n) is 7.27. The maximum atomic E-state index is 13.4. The minimum absolute atomic E-state index is 0. The summed E-state index contributed by atoms with van der Waals surface area (Å²) in [5.74, 6) is 3.04. The summed E-state index contributed by atoms with van der Waals surface area (Å²) in [4.78, 5) is 19.9. The molecule has 0 spiro atoms. The zero-order valence-electron chi connectivity index (χ0n) is 20.5. The van der Waals surface area contributed by atoms with Crippen LogP contribution in [0, 0.1) is 11.8 Å². The number of phenolic OH excluding ortho intramolecular Hbond substituents is 1. The first-order valence-corrected chi connectivity index (χ1v) is 13.4. The number of aromatic hydroxyl groups is 1. The van der Waals surface area contributed by atoms with E-state index in [0.29, 0.717) is 57.4 Å². The van der Waals surface area contributed by atoms with Crippen LogP contribution in [0.5, 0.6) is 11.5 Å². The standard InChI is InChI=1S/C26H30N4O4S2.ClH/c1-33-19-10-17(9-18(31)12-19)21-11-16(3-2-6-29-25(27)28)22(34-21)13-23-24(32)30(26(35)36-23)20-8-14-4-5-15(20)7-14;/h9-15,20,31H,2-8H2,1H3,(H4,27,28,29);1H/b23-13-;. The molecule has 2 saturated carbocycles. The monoisotopic (exact) mass is 562 g/mol. The summed E-state index contributed by atoms with van der Waals surface area (Å²) in [7, 11) is 1.54. The van der Waals surface area contributed by atoms with E-state index in [1.54, 1.807) is 25.3 Å². The second-order valence-corrected chi connectivity index (χ2v) is 11.3. The molecule has 1 aromatic heterocycles. The van der Waals surface area contributed by atoms with E-state index in [-0.39, 0.29) is 36.1 Å². The van der Waals surface area contributed by atoms with Gasteiger partial charge in [-0.2, -0.15) is 0 Å². The number of furan rings is 1. The molecule has 11 heteroatoms. The lowest BCUT2D eigenvalue weighted by Crippen LogP contribution is -2.41. The van der Waals surface area contributed by atoms with E-state index < -0.39 is 0 Å². The zero-order valence-corrected chi connectivity index (χ0v) is 23.0. The van der Waals surface area contributed by atoms with Gasteiger partial charge in [-0.25, -0.2) is 0 Å². The van der Waals surface area contributed by atoms with Crippen LogP contribution < -0.4 is 16.2 Å². The van der Waals surface area contributed by atoms with Crippen LogP contribution >= 0.6 is 36.4 Å². The summed E-state index contributed by atoms with van der Waals surface area (Å²) >= 11 is 6.99. The number of thiocarbonyl (C=S) groups is 1. The largest absolute Gasteiger partial charge is 0.508 e. The maximum absolute atomic E-state index is 13.4. The fraction of sp³-hybridized carbons (Fsp3) is 0.423. The number of phenols is 1. The van der Waals surface area contributed by atoms with Gasteiger partial charge in [0.15, 0.2) is 5.96 Å². The smallest absolute Gasteiger partial charge is 0.266 e. The molecule has 3 atom stereocenters. The SMILES string of the molecule is COc1cc(O)cc(-c2cc(CCCN=C(N)N)c(/C=C3\SC(=S)N(C4CC5CCC4C5)C3=O)o2)c1.Cl. The van der Waals surface area contributed by atoms with Gasteiger partial charge >= 0.3 is 0 Å². The lowest BCUT2D eigenvalue weighted by atomic mass is 9.94. The molecule has 2 heterocycles. The number of halogens is 1. The molecule has 3 unspecified atom stereocenters. The Balaban J connectivity index is 0.00000320. The number of amides is 1. The van der Waals surface area contributed by atoms with Gasteiger partial charge in [-0.1, -0.05) is 30.4 Å². The molecular formula is C26H31ClN4O4S2. The summed E-state index contributed by atoms with van der Waals surface area (Å²) < 4.78 is 12.2. The van der Waals surface area contributed by atoms with Gasteiger partial charge in [0.2, 0.25) is 0 Å². The Bertz CT molecular complexity index is 1260. The molecule has 2 bridgehead atoms. The van der Waals surface area contributed by atoms with Crippen LogP contribution in [-0.4, -0.2) is 45.9 Å². The Morgan fingerprint density at radius 1 is 1.30 bits per heavy atom. The first kappa shape index (κ1) is 27.3. The number of fused-ring (bicyclic) bond motifs is 2. The van der Waals surface area contributed by atoms with Crippen molar-refractivity contribution < 1.29 is 19.1 Å². The van der Waals surface area contributed by atoms with E-state index in [1.165, 1.54) is 37.1 Å². The van der Waals surface area contributed by atoms with E-state index in [2.05, 4.69) is 4.99 Å². The normalized spacial score (nSPS) is 23.5. The Hall–Kier alpha value is -2.69. The fourth-order valence-corrected chi connectivity index (χ4v) is 6.98. The lowest BCUT2D eigenvalue weighted by molar-refractivity contribution is -0.124. The molecular weight excluding hydrogens is 532 g/mol. The van der Waals surface area contributed by atoms with Gasteiger partial charge in [0.05, 0.1) is 12.0 Å². The van der Waals surface area contributed by atoms with Crippen molar-refractivity contribution in [3.05, 3.63) is 40.5 Å². The van der Waals surface area contributed by atoms with Gasteiger partial charge in [-0.15, -0.1) is 12.4 Å². The van der Waals surface area contributed by atoms with Gasteiger partial charge in [0.25, 0.3) is 5.91 Å². The van der Waals surface area contributed by atoms with E-state index in [9.17, 15) is 9.90 Å². The Labute approximate surface area is 231 Å². The molecule has 0 radical (unpaired) electrons. The molecule has 3 aliphatic rings. The Morgan fingerprint density at radius 3 is 2.78 bits per heavy atom. The number of nitrogens with two attached hydrogens (primary N) is 2. The van der Waals surface area contributed by atoms with Crippen molar-refractivity contribution in [1.29, 1.82) is 0 Å². The van der Waals surface area contributed by atoms with Crippen LogP contribution in [0.3, 0.4) is 0 Å². The highest BCUT2D eigenvalue weighted by molar-refractivity contribution is 8.26. The number of hydrogen-bond acceptors (Lipinski definition) is 7. The molecule has 1 amide bonds. The number of aliphatic imine (C=N–C) groups is 1. The molecule has 37 heavy (non-hydrogen) atoms. The average molecular weight is 563 g/mol. The van der Waals surface area contributed by atoms with E-state index in [0.717, 1.165) is 17.9 Å². The predicted octanol–water partition coefficient (Wildman–Crippen LogP) is 4.68. The van der Waals surface area contributed by atoms with E-state index >= 15 is 0 Å². The number of benzene rings is 1. The molecule has 2 aromatic rings. The fourth-order valence-electron chi connectivity index (χ4n) is 5.64. The minimum Gasteiger partial charge on any atom is -0.508 e. The molecule has 1 saturated heterocycles. The van der Waals surface area contributed by atoms with Crippen LogP contribution in [0.4, 0.5) is 0 Å². The molecule has 198 valence electrons. The van der Waals surface area contributed by atoms with Crippen LogP contribution in [0.25, 0.3) is 17.4 Å². The second kappa shape index (κ2) is 11.4. The summed E-state index contributed by atoms with van der Waals surface area (Å²) in [6, 6.07) is 7.08. The number of carbonyl (C=O) groups is 1. The van der Waals surface area contributed by atoms with Crippen molar-refractivity contribution in [2.24, 2.45) is 28.3 Å². The number of thioether (sulfide) groups is 1. The van der Waals surface area contributed by atoms with Gasteiger partial charge in [-0.05, 0) is 67.7 Å². The number of ether oxygens (including phenoxy) is 1. The zero-order chi connectivity index (χ0) is 25.4. The summed E-state index contributed by atoms with van der Waals surface area (Å²) in [6.07, 6.45) is 7.85. The van der Waals surface area contributed by atoms with Crippen molar-refractivity contribution in [3.63, 3.8) is 0 Å². The number of guanidine groups is 1. The quantitative estimate of drug-likeness (QED) is 0.139. The number of rotatable bonds is 8. The number of carbonyl (C=O) groups excluding carboxylic acids is 1. The summed E-state index contributed by atoms with van der Waals surface area (Å²) in [5, 5.41) is 10.1. The number of aryl methyl sites for hydroxylation is 1. The average Bonchev–Trinajstić information content (AvgIpc) is 3.61. The highest BCUT2D eigenvalue weighted by atomic mass is 35.5. The van der Waals surface area contributed by atoms with Gasteiger partial charge < -0.3 is 25.7 Å². The molecule has 1 aliphatic heterocycles. The van der Waals surface area contributed by atoms with Crippen LogP contribution in [0.2, 0.25) is 0 Å². The van der Waals surface area contributed by atoms with Crippen molar-refractivity contribution in [1.82, 2.24) is 4.90 Å². The van der Waals surface area contributed by atoms with Crippen molar-refractivity contribution in [3.8, 4) is 22.8 Å². The minimum atomic E-state index is -0.0361. The van der Waals surface area contributed by atoms with Crippen molar-refractivity contribution >= 4 is 58.7 Å². The molecule has 2 aliphatic carbocycles. The molecule has 1 aromatic carbocycles. The number of methoxy groups -OCH3 is 1. The third-order valence-corrected chi connectivity index (χ3v) is 8.60. The predicted molar refractivity (Wildman–Crippen MR) is 153 cm³/mol. The summed E-state index contributed by atoms with van der Waals surface area (Å²) in [5.41, 5.74) is 12.5. The van der Waals surface area contributed by atoms with Crippen LogP contribution in [0.1, 0.15) is 43.4 Å². The first-order chi connectivity index (χ1) is 17.3. The molecule has 8 nitrogen and oxygen atoms in total. The van der Waals surface area contributed by atoms with Gasteiger partial charge in [0.1, 0.15) is 27.3 Å². The number of hydrogen-bond donors (Lipinski definition) is 3. The molecule has 5 rings (SSSR count). The van der Waals surface area contributed by atoms with E-state index in [1.807, 2.05) is 11.0 Å². The highest BCUT2D eigenvalue weighted by Gasteiger charge is 2.48. The second-order valence-electron chi connectivity index (χ2n) is 9.62. The Kier molecular flexibility index (Phi) is 8.40. The van der Waals surface area contributed by atoms with Crippen molar-refractivity contribution in [2.75, 3.05) is 13.7 Å². The van der Waals surface area contributed by atoms with Crippen molar-refractivity contribution in [2.45, 2.75) is 44.6 Å². The Morgan fingerprint density at radius 2 is 2.11 bits per heavy atom. The third kappa shape index (κ3) is 5.76. The topological polar surface area (TPSA) is 127 Å². The van der Waals surface area contributed by atoms with Crippen LogP contribution in [-0.2, 0) is 11.2 Å². The number of nitrogens with zero attached hydrogens (tertiary/aromatic N) is 2. The maximum Gasteiger partial charge on any atom is 0.266 e. The highest BCUT2D eigenvalue weighted by Crippen LogP contribution is 2.49. The summed E-state index contributed by atoms with van der Waals surface area (Å²) in [6.45, 7) is 0.481.